The largest absolute Gasteiger partial charge is 0.393 e. The minimum Gasteiger partial charge on any atom is -0.393 e. The maximum Gasteiger partial charge on any atom is 0.147 e. The molecule has 1 fully saturated rings. The van der Waals surface area contributed by atoms with E-state index in [0.717, 1.165) is 41.0 Å². The zero-order valence-corrected chi connectivity index (χ0v) is 13.4. The molecule has 23 heavy (non-hydrogen) atoms. The molecule has 0 bridgehead atoms. The summed E-state index contributed by atoms with van der Waals surface area (Å²) in [6.45, 7) is 0. The standard InChI is InChI=1S/C17H18N4OS/c22-13-7-11(8-13)15(9-12-3-1-2-5-18-12)21-17-16-14(4-6-23-16)19-10-20-17/h1-6,10-11,13,15,22H,7-9H2,(H,19,20,21)/t11?,13?,15-/m1/s1. The van der Waals surface area contributed by atoms with Crippen molar-refractivity contribution in [2.45, 2.75) is 31.4 Å². The monoisotopic (exact) mass is 326 g/mol. The van der Waals surface area contributed by atoms with Crippen molar-refractivity contribution >= 4 is 27.4 Å². The van der Waals surface area contributed by atoms with E-state index in [-0.39, 0.29) is 12.1 Å². The Morgan fingerprint density at radius 3 is 2.91 bits per heavy atom. The quantitative estimate of drug-likeness (QED) is 0.754. The van der Waals surface area contributed by atoms with Crippen molar-refractivity contribution in [3.05, 3.63) is 47.9 Å². The first-order valence-electron chi connectivity index (χ1n) is 7.82. The minimum absolute atomic E-state index is 0.166. The van der Waals surface area contributed by atoms with Gasteiger partial charge < -0.3 is 10.4 Å². The van der Waals surface area contributed by atoms with Gasteiger partial charge in [0.25, 0.3) is 0 Å². The average molecular weight is 326 g/mol. The zero-order chi connectivity index (χ0) is 15.6. The van der Waals surface area contributed by atoms with Crippen LogP contribution in [0, 0.1) is 5.92 Å². The number of fused-ring (bicyclic) bond motifs is 1. The Labute approximate surface area is 138 Å². The highest BCUT2D eigenvalue weighted by molar-refractivity contribution is 7.17. The van der Waals surface area contributed by atoms with Crippen LogP contribution in [0.5, 0.6) is 0 Å². The summed E-state index contributed by atoms with van der Waals surface area (Å²) < 4.78 is 1.08. The number of aliphatic hydroxyl groups is 1. The molecular weight excluding hydrogens is 308 g/mol. The highest BCUT2D eigenvalue weighted by Crippen LogP contribution is 2.34. The van der Waals surface area contributed by atoms with Gasteiger partial charge in [-0.2, -0.15) is 0 Å². The van der Waals surface area contributed by atoms with Crippen molar-refractivity contribution in [3.8, 4) is 0 Å². The number of nitrogens with zero attached hydrogens (tertiary/aromatic N) is 3. The van der Waals surface area contributed by atoms with E-state index in [4.69, 9.17) is 0 Å². The van der Waals surface area contributed by atoms with Gasteiger partial charge in [0.2, 0.25) is 0 Å². The van der Waals surface area contributed by atoms with Gasteiger partial charge in [-0.3, -0.25) is 4.98 Å². The first-order chi connectivity index (χ1) is 11.3. The molecule has 3 aromatic heterocycles. The van der Waals surface area contributed by atoms with Crippen molar-refractivity contribution in [1.29, 1.82) is 0 Å². The first-order valence-corrected chi connectivity index (χ1v) is 8.70. The van der Waals surface area contributed by atoms with Gasteiger partial charge in [-0.1, -0.05) is 6.07 Å². The third-order valence-electron chi connectivity index (χ3n) is 4.44. The molecule has 4 rings (SSSR count). The summed E-state index contributed by atoms with van der Waals surface area (Å²) in [6.07, 6.45) is 5.76. The van der Waals surface area contributed by atoms with Gasteiger partial charge in [0.05, 0.1) is 16.3 Å². The number of rotatable bonds is 5. The number of thiophene rings is 1. The predicted molar refractivity (Wildman–Crippen MR) is 91.5 cm³/mol. The lowest BCUT2D eigenvalue weighted by Gasteiger charge is -2.38. The van der Waals surface area contributed by atoms with Crippen molar-refractivity contribution < 1.29 is 5.11 Å². The number of pyridine rings is 1. The van der Waals surface area contributed by atoms with Crippen LogP contribution in [0.4, 0.5) is 5.82 Å². The molecule has 1 saturated carbocycles. The second-order valence-corrected chi connectivity index (χ2v) is 6.93. The molecule has 118 valence electrons. The maximum absolute atomic E-state index is 9.67. The third kappa shape index (κ3) is 3.04. The zero-order valence-electron chi connectivity index (χ0n) is 12.6. The minimum atomic E-state index is -0.166. The molecule has 0 radical (unpaired) electrons. The van der Waals surface area contributed by atoms with Gasteiger partial charge in [0.15, 0.2) is 0 Å². The van der Waals surface area contributed by atoms with Crippen LogP contribution in [0.15, 0.2) is 42.2 Å². The molecule has 3 aromatic rings. The van der Waals surface area contributed by atoms with Gasteiger partial charge in [-0.15, -0.1) is 11.3 Å². The molecule has 0 aliphatic heterocycles. The van der Waals surface area contributed by atoms with Gasteiger partial charge in [-0.05, 0) is 42.3 Å². The molecule has 1 aliphatic carbocycles. The average Bonchev–Trinajstić information content (AvgIpc) is 3.02. The van der Waals surface area contributed by atoms with Crippen molar-refractivity contribution in [2.75, 3.05) is 5.32 Å². The molecule has 0 saturated heterocycles. The molecular formula is C17H18N4OS. The van der Waals surface area contributed by atoms with Crippen LogP contribution in [-0.4, -0.2) is 32.2 Å². The Morgan fingerprint density at radius 1 is 1.22 bits per heavy atom. The highest BCUT2D eigenvalue weighted by Gasteiger charge is 2.34. The van der Waals surface area contributed by atoms with E-state index in [9.17, 15) is 5.11 Å². The van der Waals surface area contributed by atoms with Crippen LogP contribution in [0.3, 0.4) is 0 Å². The van der Waals surface area contributed by atoms with Crippen LogP contribution in [-0.2, 0) is 6.42 Å². The summed E-state index contributed by atoms with van der Waals surface area (Å²) >= 11 is 1.65. The molecule has 3 heterocycles. The molecule has 2 N–H and O–H groups in total. The summed E-state index contributed by atoms with van der Waals surface area (Å²) in [6, 6.07) is 8.21. The lowest BCUT2D eigenvalue weighted by molar-refractivity contribution is 0.0341. The van der Waals surface area contributed by atoms with E-state index in [1.807, 2.05) is 35.8 Å². The topological polar surface area (TPSA) is 70.9 Å². The van der Waals surface area contributed by atoms with Gasteiger partial charge in [0, 0.05) is 24.4 Å². The van der Waals surface area contributed by atoms with Gasteiger partial charge in [0.1, 0.15) is 12.1 Å². The maximum atomic E-state index is 9.67. The highest BCUT2D eigenvalue weighted by atomic mass is 32.1. The number of nitrogens with one attached hydrogen (secondary N) is 1. The van der Waals surface area contributed by atoms with Crippen LogP contribution < -0.4 is 5.32 Å². The van der Waals surface area contributed by atoms with E-state index in [1.165, 1.54) is 0 Å². The molecule has 1 atom stereocenters. The Balaban J connectivity index is 1.59. The molecule has 0 aromatic carbocycles. The van der Waals surface area contributed by atoms with Crippen molar-refractivity contribution in [3.63, 3.8) is 0 Å². The summed E-state index contributed by atoms with van der Waals surface area (Å²) in [7, 11) is 0. The molecule has 0 unspecified atom stereocenters. The first kappa shape index (κ1) is 14.5. The summed E-state index contributed by atoms with van der Waals surface area (Å²) in [4.78, 5) is 13.2. The molecule has 0 spiro atoms. The summed E-state index contributed by atoms with van der Waals surface area (Å²) in [5.41, 5.74) is 2.03. The van der Waals surface area contributed by atoms with Crippen LogP contribution in [0.2, 0.25) is 0 Å². The lowest BCUT2D eigenvalue weighted by atomic mass is 9.76. The van der Waals surface area contributed by atoms with Crippen LogP contribution in [0.1, 0.15) is 18.5 Å². The lowest BCUT2D eigenvalue weighted by Crippen LogP contribution is -2.42. The predicted octanol–water partition coefficient (Wildman–Crippen LogP) is 2.88. The molecule has 0 amide bonds. The normalized spacial score (nSPS) is 21.8. The van der Waals surface area contributed by atoms with Crippen molar-refractivity contribution in [1.82, 2.24) is 15.0 Å². The fraction of sp³-hybridized carbons (Fsp3) is 0.353. The Kier molecular flexibility index (Phi) is 3.93. The van der Waals surface area contributed by atoms with Crippen LogP contribution >= 0.6 is 11.3 Å². The number of hydrogen-bond acceptors (Lipinski definition) is 6. The van der Waals surface area contributed by atoms with E-state index in [0.29, 0.717) is 5.92 Å². The molecule has 6 heteroatoms. The summed E-state index contributed by atoms with van der Waals surface area (Å²) in [5, 5.41) is 15.3. The molecule has 1 aliphatic rings. The number of anilines is 1. The second kappa shape index (κ2) is 6.22. The van der Waals surface area contributed by atoms with E-state index in [1.54, 1.807) is 17.7 Å². The van der Waals surface area contributed by atoms with Gasteiger partial charge >= 0.3 is 0 Å². The number of hydrogen-bond donors (Lipinski definition) is 2. The SMILES string of the molecule is OC1CC([C@@H](Cc2ccccn2)Nc2ncnc3ccsc23)C1. The van der Waals surface area contributed by atoms with Crippen molar-refractivity contribution in [2.24, 2.45) is 5.92 Å². The Morgan fingerprint density at radius 2 is 2.13 bits per heavy atom. The smallest absolute Gasteiger partial charge is 0.147 e. The number of aliphatic hydroxyl groups excluding tert-OH is 1. The van der Waals surface area contributed by atoms with Gasteiger partial charge in [-0.25, -0.2) is 9.97 Å². The summed E-state index contributed by atoms with van der Waals surface area (Å²) in [5.74, 6) is 1.32. The third-order valence-corrected chi connectivity index (χ3v) is 5.35. The fourth-order valence-electron chi connectivity index (χ4n) is 3.11. The molecule has 5 nitrogen and oxygen atoms in total. The van der Waals surface area contributed by atoms with Crippen LogP contribution in [0.25, 0.3) is 10.2 Å². The van der Waals surface area contributed by atoms with E-state index < -0.39 is 0 Å². The second-order valence-electron chi connectivity index (χ2n) is 6.02. The van der Waals surface area contributed by atoms with E-state index >= 15 is 0 Å². The number of aromatic nitrogens is 3. The fourth-order valence-corrected chi connectivity index (χ4v) is 3.90. The Hall–Kier alpha value is -2.05. The Bertz CT molecular complexity index is 785. The van der Waals surface area contributed by atoms with E-state index in [2.05, 4.69) is 20.3 Å².